The Morgan fingerprint density at radius 2 is 2.17 bits per heavy atom. The van der Waals surface area contributed by atoms with Gasteiger partial charge in [0, 0.05) is 30.7 Å². The molecular formula is C18H17N9OS. The third kappa shape index (κ3) is 3.72. The molecule has 1 aliphatic rings. The molecule has 2 N–H and O–H groups in total. The summed E-state index contributed by atoms with van der Waals surface area (Å²) in [6.07, 6.45) is 4.13. The van der Waals surface area contributed by atoms with Crippen molar-refractivity contribution < 1.29 is 4.79 Å². The van der Waals surface area contributed by atoms with Gasteiger partial charge in [0.25, 0.3) is 0 Å². The van der Waals surface area contributed by atoms with E-state index in [1.54, 1.807) is 17.0 Å². The van der Waals surface area contributed by atoms with Crippen molar-refractivity contribution in [3.05, 3.63) is 48.2 Å². The van der Waals surface area contributed by atoms with Crippen LogP contribution in [0.2, 0.25) is 0 Å². The number of nitrogens with one attached hydrogen (secondary N) is 2. The number of aromatic nitrogens is 6. The quantitative estimate of drug-likeness (QED) is 0.532. The first-order valence-electron chi connectivity index (χ1n) is 9.11. The normalized spacial score (nSPS) is 16.3. The van der Waals surface area contributed by atoms with Crippen molar-refractivity contribution in [1.29, 1.82) is 0 Å². The molecule has 0 saturated carbocycles. The highest BCUT2D eigenvalue weighted by molar-refractivity contribution is 7.14. The topological polar surface area (TPSA) is 113 Å². The van der Waals surface area contributed by atoms with Gasteiger partial charge in [0.1, 0.15) is 17.8 Å². The lowest BCUT2D eigenvalue weighted by atomic mass is 10.3. The molecule has 146 valence electrons. The van der Waals surface area contributed by atoms with E-state index in [-0.39, 0.29) is 12.1 Å². The fraction of sp³-hybridized carbons (Fsp3) is 0.222. The van der Waals surface area contributed by atoms with Gasteiger partial charge < -0.3 is 10.2 Å². The molecule has 10 nitrogen and oxygen atoms in total. The molecule has 29 heavy (non-hydrogen) atoms. The van der Waals surface area contributed by atoms with E-state index in [4.69, 9.17) is 0 Å². The van der Waals surface area contributed by atoms with Crippen LogP contribution in [0.1, 0.15) is 6.42 Å². The van der Waals surface area contributed by atoms with E-state index >= 15 is 0 Å². The SMILES string of the molecule is O=C(Nc1nc(-c2ccccn2)cs1)NC1CCN(c2ccc3nncn3n2)C1. The van der Waals surface area contributed by atoms with Crippen LogP contribution in [0.3, 0.4) is 0 Å². The molecule has 0 bridgehead atoms. The summed E-state index contributed by atoms with van der Waals surface area (Å²) in [6, 6.07) is 9.21. The summed E-state index contributed by atoms with van der Waals surface area (Å²) in [6.45, 7) is 1.50. The zero-order chi connectivity index (χ0) is 19.6. The molecule has 4 aromatic rings. The van der Waals surface area contributed by atoms with Gasteiger partial charge in [-0.15, -0.1) is 26.6 Å². The van der Waals surface area contributed by atoms with Crippen molar-refractivity contribution in [2.45, 2.75) is 12.5 Å². The number of hydrogen-bond acceptors (Lipinski definition) is 8. The van der Waals surface area contributed by atoms with E-state index in [1.807, 2.05) is 35.7 Å². The first-order valence-corrected chi connectivity index (χ1v) is 9.99. The highest BCUT2D eigenvalue weighted by atomic mass is 32.1. The summed E-state index contributed by atoms with van der Waals surface area (Å²) in [5, 5.41) is 20.5. The van der Waals surface area contributed by atoms with Gasteiger partial charge in [-0.05, 0) is 30.7 Å². The molecule has 1 atom stereocenters. The highest BCUT2D eigenvalue weighted by Crippen LogP contribution is 2.23. The maximum Gasteiger partial charge on any atom is 0.321 e. The Bertz CT molecular complexity index is 1140. The van der Waals surface area contributed by atoms with Gasteiger partial charge in [-0.25, -0.2) is 9.78 Å². The third-order valence-corrected chi connectivity index (χ3v) is 5.40. The van der Waals surface area contributed by atoms with Crippen LogP contribution < -0.4 is 15.5 Å². The minimum atomic E-state index is -0.263. The number of anilines is 2. The van der Waals surface area contributed by atoms with E-state index in [9.17, 15) is 4.79 Å². The van der Waals surface area contributed by atoms with Gasteiger partial charge in [-0.1, -0.05) is 6.07 Å². The molecule has 0 radical (unpaired) electrons. The van der Waals surface area contributed by atoms with Gasteiger partial charge in [-0.2, -0.15) is 4.52 Å². The summed E-state index contributed by atoms with van der Waals surface area (Å²) >= 11 is 1.37. The Balaban J connectivity index is 1.18. The zero-order valence-corrected chi connectivity index (χ0v) is 16.1. The number of pyridine rings is 1. The number of rotatable bonds is 4. The second-order valence-electron chi connectivity index (χ2n) is 6.61. The lowest BCUT2D eigenvalue weighted by Gasteiger charge is -2.17. The predicted molar refractivity (Wildman–Crippen MR) is 109 cm³/mol. The van der Waals surface area contributed by atoms with Crippen LogP contribution >= 0.6 is 11.3 Å². The average Bonchev–Trinajstić information content (AvgIpc) is 3.49. The molecule has 5 heterocycles. The fourth-order valence-electron chi connectivity index (χ4n) is 3.25. The number of nitrogens with zero attached hydrogens (tertiary/aromatic N) is 7. The molecule has 1 fully saturated rings. The summed E-state index contributed by atoms with van der Waals surface area (Å²) in [5.74, 6) is 0.835. The van der Waals surface area contributed by atoms with Crippen LogP contribution in [0.15, 0.2) is 48.2 Å². The minimum Gasteiger partial charge on any atom is -0.353 e. The van der Waals surface area contributed by atoms with Crippen molar-refractivity contribution in [1.82, 2.24) is 35.1 Å². The highest BCUT2D eigenvalue weighted by Gasteiger charge is 2.25. The monoisotopic (exact) mass is 407 g/mol. The van der Waals surface area contributed by atoms with Gasteiger partial charge in [-0.3, -0.25) is 10.3 Å². The number of hydrogen-bond donors (Lipinski definition) is 2. The fourth-order valence-corrected chi connectivity index (χ4v) is 3.95. The Morgan fingerprint density at radius 1 is 1.21 bits per heavy atom. The number of carbonyl (C=O) groups excluding carboxylic acids is 1. The summed E-state index contributed by atoms with van der Waals surface area (Å²) in [5.41, 5.74) is 2.23. The van der Waals surface area contributed by atoms with Crippen molar-refractivity contribution >= 4 is 34.0 Å². The Kier molecular flexibility index (Phi) is 4.48. The molecule has 0 aromatic carbocycles. The van der Waals surface area contributed by atoms with E-state index < -0.39 is 0 Å². The molecular weight excluding hydrogens is 390 g/mol. The van der Waals surface area contributed by atoms with Gasteiger partial charge >= 0.3 is 6.03 Å². The first kappa shape index (κ1) is 17.5. The van der Waals surface area contributed by atoms with Gasteiger partial charge in [0.15, 0.2) is 10.8 Å². The lowest BCUT2D eigenvalue weighted by molar-refractivity contribution is 0.249. The number of thiazole rings is 1. The number of amides is 2. The van der Waals surface area contributed by atoms with Crippen molar-refractivity contribution in [2.75, 3.05) is 23.3 Å². The average molecular weight is 407 g/mol. The third-order valence-electron chi connectivity index (χ3n) is 4.65. The van der Waals surface area contributed by atoms with Crippen LogP contribution in [0.4, 0.5) is 15.7 Å². The van der Waals surface area contributed by atoms with Crippen LogP contribution in [-0.4, -0.2) is 54.9 Å². The van der Waals surface area contributed by atoms with E-state index in [2.05, 4.69) is 40.8 Å². The maximum absolute atomic E-state index is 12.4. The Morgan fingerprint density at radius 3 is 3.07 bits per heavy atom. The van der Waals surface area contributed by atoms with Crippen molar-refractivity contribution in [2.24, 2.45) is 0 Å². The summed E-state index contributed by atoms with van der Waals surface area (Å²) < 4.78 is 1.64. The smallest absolute Gasteiger partial charge is 0.321 e. The van der Waals surface area contributed by atoms with Gasteiger partial charge in [0.2, 0.25) is 0 Å². The molecule has 4 aromatic heterocycles. The Labute approximate surface area is 169 Å². The molecule has 0 spiro atoms. The summed E-state index contributed by atoms with van der Waals surface area (Å²) in [4.78, 5) is 23.2. The van der Waals surface area contributed by atoms with Crippen LogP contribution in [-0.2, 0) is 0 Å². The molecule has 0 aliphatic carbocycles. The standard InChI is InChI=1S/C18H17N9OS/c28-17(23-18-22-14(10-29-18)13-3-1-2-7-19-13)21-12-6-8-26(9-12)16-5-4-15-24-20-11-27(15)25-16/h1-5,7,10-12H,6,8-9H2,(H2,21,22,23,28). The lowest BCUT2D eigenvalue weighted by Crippen LogP contribution is -2.39. The second-order valence-corrected chi connectivity index (χ2v) is 7.47. The molecule has 1 aliphatic heterocycles. The number of urea groups is 1. The Hall–Kier alpha value is -3.60. The molecule has 1 unspecified atom stereocenters. The number of carbonyl (C=O) groups is 1. The van der Waals surface area contributed by atoms with Crippen molar-refractivity contribution in [3.63, 3.8) is 0 Å². The van der Waals surface area contributed by atoms with E-state index in [1.165, 1.54) is 11.3 Å². The predicted octanol–water partition coefficient (Wildman–Crippen LogP) is 2.04. The molecule has 2 amide bonds. The minimum absolute atomic E-state index is 0.0311. The molecule has 1 saturated heterocycles. The maximum atomic E-state index is 12.4. The van der Waals surface area contributed by atoms with Crippen LogP contribution in [0.5, 0.6) is 0 Å². The van der Waals surface area contributed by atoms with Crippen LogP contribution in [0, 0.1) is 0 Å². The first-order chi connectivity index (χ1) is 14.2. The van der Waals surface area contributed by atoms with Crippen LogP contribution in [0.25, 0.3) is 17.0 Å². The van der Waals surface area contributed by atoms with Crippen molar-refractivity contribution in [3.8, 4) is 11.4 Å². The number of fused-ring (bicyclic) bond motifs is 1. The molecule has 5 rings (SSSR count). The van der Waals surface area contributed by atoms with Gasteiger partial charge in [0.05, 0.1) is 5.69 Å². The van der Waals surface area contributed by atoms with E-state index in [0.29, 0.717) is 17.3 Å². The molecule has 11 heteroatoms. The second kappa shape index (κ2) is 7.43. The van der Waals surface area contributed by atoms with E-state index in [0.717, 1.165) is 30.2 Å². The summed E-state index contributed by atoms with van der Waals surface area (Å²) in [7, 11) is 0. The zero-order valence-electron chi connectivity index (χ0n) is 15.3. The largest absolute Gasteiger partial charge is 0.353 e.